The van der Waals surface area contributed by atoms with Gasteiger partial charge in [0.05, 0.1) is 11.8 Å². The van der Waals surface area contributed by atoms with Crippen molar-refractivity contribution < 1.29 is 9.84 Å². The van der Waals surface area contributed by atoms with Crippen LogP contribution in [0, 0.1) is 6.92 Å². The fourth-order valence-corrected chi connectivity index (χ4v) is 1.56. The van der Waals surface area contributed by atoms with Crippen LogP contribution in [0.2, 0.25) is 0 Å². The van der Waals surface area contributed by atoms with Gasteiger partial charge in [0.15, 0.2) is 0 Å². The molecular formula is C11H20N2O2. The summed E-state index contributed by atoms with van der Waals surface area (Å²) in [7, 11) is 1.90. The third-order valence-electron chi connectivity index (χ3n) is 2.34. The van der Waals surface area contributed by atoms with E-state index in [-0.39, 0.29) is 6.10 Å². The second kappa shape index (κ2) is 5.88. The molecule has 0 aromatic carbocycles. The molecule has 0 fully saturated rings. The van der Waals surface area contributed by atoms with Gasteiger partial charge in [0, 0.05) is 32.4 Å². The smallest absolute Gasteiger partial charge is 0.0617 e. The molecule has 0 aliphatic heterocycles. The Morgan fingerprint density at radius 3 is 2.87 bits per heavy atom. The molecule has 1 N–H and O–H groups in total. The second-order valence-electron chi connectivity index (χ2n) is 3.74. The summed E-state index contributed by atoms with van der Waals surface area (Å²) in [6.07, 6.45) is 0.981. The van der Waals surface area contributed by atoms with Crippen molar-refractivity contribution >= 4 is 0 Å². The Bertz CT molecular complexity index is 297. The average molecular weight is 212 g/mol. The van der Waals surface area contributed by atoms with Gasteiger partial charge in [-0.3, -0.25) is 4.68 Å². The van der Waals surface area contributed by atoms with E-state index >= 15 is 0 Å². The summed E-state index contributed by atoms with van der Waals surface area (Å²) in [4.78, 5) is 0. The normalized spacial score (nSPS) is 13.1. The first kappa shape index (κ1) is 12.2. The highest BCUT2D eigenvalue weighted by Gasteiger charge is 2.09. The van der Waals surface area contributed by atoms with E-state index in [1.807, 2.05) is 31.6 Å². The van der Waals surface area contributed by atoms with Gasteiger partial charge in [-0.05, 0) is 26.3 Å². The van der Waals surface area contributed by atoms with Crippen LogP contribution in [0.5, 0.6) is 0 Å². The van der Waals surface area contributed by atoms with Crippen LogP contribution in [-0.4, -0.2) is 34.2 Å². The highest BCUT2D eigenvalue weighted by atomic mass is 16.5. The van der Waals surface area contributed by atoms with Gasteiger partial charge in [-0.25, -0.2) is 0 Å². The molecule has 1 unspecified atom stereocenters. The van der Waals surface area contributed by atoms with Crippen LogP contribution in [0.3, 0.4) is 0 Å². The molecule has 0 aliphatic carbocycles. The minimum absolute atomic E-state index is 0.341. The highest BCUT2D eigenvalue weighted by molar-refractivity contribution is 5.09. The monoisotopic (exact) mass is 212 g/mol. The molecule has 1 aromatic rings. The van der Waals surface area contributed by atoms with Crippen molar-refractivity contribution in [1.82, 2.24) is 9.78 Å². The molecule has 1 aromatic heterocycles. The van der Waals surface area contributed by atoms with Crippen molar-refractivity contribution in [1.29, 1.82) is 0 Å². The summed E-state index contributed by atoms with van der Waals surface area (Å²) in [6.45, 7) is 5.24. The number of rotatable bonds is 6. The number of hydrogen-bond donors (Lipinski definition) is 1. The number of ether oxygens (including phenoxy) is 1. The minimum atomic E-state index is -0.341. The molecule has 4 heteroatoms. The van der Waals surface area contributed by atoms with Gasteiger partial charge in [-0.15, -0.1) is 0 Å². The first-order valence-electron chi connectivity index (χ1n) is 5.38. The molecule has 0 amide bonds. The fourth-order valence-electron chi connectivity index (χ4n) is 1.56. The first-order valence-corrected chi connectivity index (χ1v) is 5.38. The standard InChI is InChI=1S/C11H20N2O2/c1-4-15-6-5-11(14)8-10-7-9(2)12-13(10)3/h7,11,14H,4-6,8H2,1-3H3. The lowest BCUT2D eigenvalue weighted by Crippen LogP contribution is -2.15. The van der Waals surface area contributed by atoms with Crippen molar-refractivity contribution in [3.8, 4) is 0 Å². The molecular weight excluding hydrogens is 192 g/mol. The van der Waals surface area contributed by atoms with E-state index in [9.17, 15) is 5.11 Å². The predicted octanol–water partition coefficient (Wildman–Crippen LogP) is 1.06. The lowest BCUT2D eigenvalue weighted by atomic mass is 10.1. The van der Waals surface area contributed by atoms with Crippen LogP contribution in [0.15, 0.2) is 6.07 Å². The van der Waals surface area contributed by atoms with Crippen molar-refractivity contribution in [3.63, 3.8) is 0 Å². The van der Waals surface area contributed by atoms with Crippen LogP contribution in [0.4, 0.5) is 0 Å². The Morgan fingerprint density at radius 2 is 2.33 bits per heavy atom. The maximum atomic E-state index is 9.74. The molecule has 0 radical (unpaired) electrons. The quantitative estimate of drug-likeness (QED) is 0.717. The van der Waals surface area contributed by atoms with Crippen LogP contribution < -0.4 is 0 Å². The SMILES string of the molecule is CCOCCC(O)Cc1cc(C)nn1C. The predicted molar refractivity (Wildman–Crippen MR) is 58.8 cm³/mol. The molecule has 1 heterocycles. The van der Waals surface area contributed by atoms with E-state index in [0.717, 1.165) is 11.4 Å². The summed E-state index contributed by atoms with van der Waals surface area (Å²) in [5, 5.41) is 14.0. The van der Waals surface area contributed by atoms with Crippen LogP contribution in [-0.2, 0) is 18.2 Å². The molecule has 0 aliphatic rings. The van der Waals surface area contributed by atoms with Crippen LogP contribution in [0.1, 0.15) is 24.7 Å². The minimum Gasteiger partial charge on any atom is -0.393 e. The van der Waals surface area contributed by atoms with E-state index in [4.69, 9.17) is 4.74 Å². The maximum absolute atomic E-state index is 9.74. The molecule has 0 saturated heterocycles. The van der Waals surface area contributed by atoms with E-state index in [1.54, 1.807) is 0 Å². The van der Waals surface area contributed by atoms with Gasteiger partial charge < -0.3 is 9.84 Å². The van der Waals surface area contributed by atoms with E-state index in [1.165, 1.54) is 0 Å². The van der Waals surface area contributed by atoms with Crippen molar-refractivity contribution in [3.05, 3.63) is 17.5 Å². The molecule has 4 nitrogen and oxygen atoms in total. The summed E-state index contributed by atoms with van der Waals surface area (Å²) >= 11 is 0. The van der Waals surface area contributed by atoms with Crippen molar-refractivity contribution in [2.75, 3.05) is 13.2 Å². The van der Waals surface area contributed by atoms with Gasteiger partial charge in [0.1, 0.15) is 0 Å². The molecule has 0 bridgehead atoms. The summed E-state index contributed by atoms with van der Waals surface area (Å²) in [6, 6.07) is 2.00. The Labute approximate surface area is 90.9 Å². The molecule has 1 atom stereocenters. The largest absolute Gasteiger partial charge is 0.393 e. The van der Waals surface area contributed by atoms with Crippen molar-refractivity contribution in [2.24, 2.45) is 7.05 Å². The summed E-state index contributed by atoms with van der Waals surface area (Å²) in [5.41, 5.74) is 2.06. The Hall–Kier alpha value is -0.870. The van der Waals surface area contributed by atoms with E-state index < -0.39 is 0 Å². The number of aliphatic hydroxyl groups excluding tert-OH is 1. The van der Waals surface area contributed by atoms with Gasteiger partial charge in [0.25, 0.3) is 0 Å². The number of aromatic nitrogens is 2. The summed E-state index contributed by atoms with van der Waals surface area (Å²) in [5.74, 6) is 0. The zero-order chi connectivity index (χ0) is 11.3. The Balaban J connectivity index is 2.37. The molecule has 86 valence electrons. The molecule has 0 spiro atoms. The second-order valence-corrected chi connectivity index (χ2v) is 3.74. The first-order chi connectivity index (χ1) is 7.13. The van der Waals surface area contributed by atoms with Crippen LogP contribution >= 0.6 is 0 Å². The topological polar surface area (TPSA) is 47.3 Å². The maximum Gasteiger partial charge on any atom is 0.0617 e. The third kappa shape index (κ3) is 4.01. The lowest BCUT2D eigenvalue weighted by molar-refractivity contribution is 0.0878. The number of hydrogen-bond acceptors (Lipinski definition) is 3. The highest BCUT2D eigenvalue weighted by Crippen LogP contribution is 2.07. The number of aliphatic hydroxyl groups is 1. The fraction of sp³-hybridized carbons (Fsp3) is 0.727. The van der Waals surface area contributed by atoms with E-state index in [0.29, 0.717) is 26.1 Å². The Morgan fingerprint density at radius 1 is 1.60 bits per heavy atom. The number of aryl methyl sites for hydroxylation is 2. The molecule has 0 saturated carbocycles. The van der Waals surface area contributed by atoms with Crippen LogP contribution in [0.25, 0.3) is 0 Å². The zero-order valence-corrected chi connectivity index (χ0v) is 9.73. The van der Waals surface area contributed by atoms with Gasteiger partial charge in [0.2, 0.25) is 0 Å². The third-order valence-corrected chi connectivity index (χ3v) is 2.34. The van der Waals surface area contributed by atoms with Gasteiger partial charge >= 0.3 is 0 Å². The lowest BCUT2D eigenvalue weighted by Gasteiger charge is -2.10. The van der Waals surface area contributed by atoms with E-state index in [2.05, 4.69) is 5.10 Å². The van der Waals surface area contributed by atoms with Gasteiger partial charge in [-0.2, -0.15) is 5.10 Å². The zero-order valence-electron chi connectivity index (χ0n) is 9.73. The average Bonchev–Trinajstić information content (AvgIpc) is 2.45. The molecule has 15 heavy (non-hydrogen) atoms. The van der Waals surface area contributed by atoms with Crippen molar-refractivity contribution in [2.45, 2.75) is 32.8 Å². The number of nitrogens with zero attached hydrogens (tertiary/aromatic N) is 2. The van der Waals surface area contributed by atoms with Gasteiger partial charge in [-0.1, -0.05) is 0 Å². The molecule has 1 rings (SSSR count). The summed E-state index contributed by atoms with van der Waals surface area (Å²) < 4.78 is 7.01. The Kier molecular flexibility index (Phi) is 4.78.